The van der Waals surface area contributed by atoms with E-state index in [9.17, 15) is 4.79 Å². The van der Waals surface area contributed by atoms with Crippen molar-refractivity contribution in [1.29, 1.82) is 0 Å². The lowest BCUT2D eigenvalue weighted by Gasteiger charge is -2.15. The third kappa shape index (κ3) is 4.97. The van der Waals surface area contributed by atoms with Gasteiger partial charge in [-0.2, -0.15) is 0 Å². The second kappa shape index (κ2) is 9.22. The number of benzene rings is 2. The van der Waals surface area contributed by atoms with Gasteiger partial charge in [-0.15, -0.1) is 0 Å². The topological polar surface area (TPSA) is 56.7 Å². The summed E-state index contributed by atoms with van der Waals surface area (Å²) in [4.78, 5) is 18.5. The Balaban J connectivity index is 1.52. The molecule has 5 heteroatoms. The van der Waals surface area contributed by atoms with Crippen molar-refractivity contribution in [2.75, 3.05) is 32.7 Å². The molecule has 26 heavy (non-hydrogen) atoms. The predicted octanol–water partition coefficient (Wildman–Crippen LogP) is 2.56. The molecule has 2 aromatic rings. The minimum Gasteiger partial charge on any atom is -0.357 e. The Morgan fingerprint density at radius 2 is 1.85 bits per heavy atom. The monoisotopic (exact) mass is 352 g/mol. The lowest BCUT2D eigenvalue weighted by atomic mass is 10.1. The van der Waals surface area contributed by atoms with Gasteiger partial charge >= 0.3 is 0 Å². The second-order valence-corrected chi connectivity index (χ2v) is 6.64. The SMILES string of the molecule is CCNC(=NCC(=O)N1CCCC1)NCCc1ccc2ccccc2c1. The molecule has 1 saturated heterocycles. The molecule has 1 aliphatic heterocycles. The van der Waals surface area contributed by atoms with Gasteiger partial charge in [-0.1, -0.05) is 42.5 Å². The van der Waals surface area contributed by atoms with Gasteiger partial charge in [0, 0.05) is 26.2 Å². The molecule has 1 amide bonds. The fourth-order valence-electron chi connectivity index (χ4n) is 3.27. The van der Waals surface area contributed by atoms with E-state index in [1.54, 1.807) is 0 Å². The van der Waals surface area contributed by atoms with E-state index in [-0.39, 0.29) is 12.5 Å². The smallest absolute Gasteiger partial charge is 0.244 e. The van der Waals surface area contributed by atoms with Crippen molar-refractivity contribution in [2.24, 2.45) is 4.99 Å². The average molecular weight is 352 g/mol. The van der Waals surface area contributed by atoms with Crippen molar-refractivity contribution < 1.29 is 4.79 Å². The van der Waals surface area contributed by atoms with Crippen LogP contribution in [-0.2, 0) is 11.2 Å². The number of hydrogen-bond donors (Lipinski definition) is 2. The summed E-state index contributed by atoms with van der Waals surface area (Å²) in [6, 6.07) is 15.0. The number of fused-ring (bicyclic) bond motifs is 1. The predicted molar refractivity (Wildman–Crippen MR) is 107 cm³/mol. The number of rotatable bonds is 6. The first kappa shape index (κ1) is 18.2. The molecule has 2 aromatic carbocycles. The number of likely N-dealkylation sites (tertiary alicyclic amines) is 1. The Labute approximate surface area is 155 Å². The number of carbonyl (C=O) groups is 1. The third-order valence-corrected chi connectivity index (χ3v) is 4.70. The molecule has 1 fully saturated rings. The first-order valence-corrected chi connectivity index (χ1v) is 9.54. The van der Waals surface area contributed by atoms with E-state index in [0.717, 1.165) is 45.4 Å². The van der Waals surface area contributed by atoms with Crippen LogP contribution in [0.5, 0.6) is 0 Å². The van der Waals surface area contributed by atoms with E-state index in [1.165, 1.54) is 16.3 Å². The van der Waals surface area contributed by atoms with Crippen LogP contribution in [0.15, 0.2) is 47.5 Å². The minimum absolute atomic E-state index is 0.120. The van der Waals surface area contributed by atoms with Crippen molar-refractivity contribution in [3.63, 3.8) is 0 Å². The van der Waals surface area contributed by atoms with Crippen LogP contribution < -0.4 is 10.6 Å². The number of guanidine groups is 1. The number of amides is 1. The summed E-state index contributed by atoms with van der Waals surface area (Å²) in [6.07, 6.45) is 3.13. The Hall–Kier alpha value is -2.56. The molecule has 0 aliphatic carbocycles. The number of carbonyl (C=O) groups excluding carboxylic acids is 1. The summed E-state index contributed by atoms with van der Waals surface area (Å²) in [6.45, 7) is 5.55. The zero-order valence-electron chi connectivity index (χ0n) is 15.5. The summed E-state index contributed by atoms with van der Waals surface area (Å²) in [5, 5.41) is 9.07. The van der Waals surface area contributed by atoms with Gasteiger partial charge in [0.25, 0.3) is 0 Å². The first-order valence-electron chi connectivity index (χ1n) is 9.54. The Kier molecular flexibility index (Phi) is 6.47. The van der Waals surface area contributed by atoms with Crippen molar-refractivity contribution in [3.05, 3.63) is 48.0 Å². The average Bonchev–Trinajstić information content (AvgIpc) is 3.20. The number of aliphatic imine (C=N–C) groups is 1. The highest BCUT2D eigenvalue weighted by Gasteiger charge is 2.17. The summed E-state index contributed by atoms with van der Waals surface area (Å²) >= 11 is 0. The summed E-state index contributed by atoms with van der Waals surface area (Å²) in [5.41, 5.74) is 1.29. The molecule has 0 radical (unpaired) electrons. The van der Waals surface area contributed by atoms with Crippen LogP contribution in [0.1, 0.15) is 25.3 Å². The lowest BCUT2D eigenvalue weighted by Crippen LogP contribution is -2.39. The van der Waals surface area contributed by atoms with Crippen LogP contribution in [0.3, 0.4) is 0 Å². The normalized spacial score (nSPS) is 14.7. The highest BCUT2D eigenvalue weighted by atomic mass is 16.2. The fraction of sp³-hybridized carbons (Fsp3) is 0.429. The fourth-order valence-corrected chi connectivity index (χ4v) is 3.27. The molecule has 0 atom stereocenters. The maximum Gasteiger partial charge on any atom is 0.244 e. The molecule has 2 N–H and O–H groups in total. The van der Waals surface area contributed by atoms with Crippen LogP contribution in [0.4, 0.5) is 0 Å². The molecule has 0 aromatic heterocycles. The van der Waals surface area contributed by atoms with Gasteiger partial charge in [0.2, 0.25) is 5.91 Å². The van der Waals surface area contributed by atoms with Crippen molar-refractivity contribution in [1.82, 2.24) is 15.5 Å². The van der Waals surface area contributed by atoms with Gasteiger partial charge in [0.15, 0.2) is 5.96 Å². The molecular formula is C21H28N4O. The molecule has 1 aliphatic rings. The maximum atomic E-state index is 12.1. The molecule has 0 spiro atoms. The molecule has 1 heterocycles. The van der Waals surface area contributed by atoms with Gasteiger partial charge in [-0.3, -0.25) is 4.79 Å². The van der Waals surface area contributed by atoms with Crippen LogP contribution in [0, 0.1) is 0 Å². The summed E-state index contributed by atoms with van der Waals surface area (Å²) in [7, 11) is 0. The molecule has 138 valence electrons. The molecule has 0 saturated carbocycles. The highest BCUT2D eigenvalue weighted by molar-refractivity contribution is 5.85. The second-order valence-electron chi connectivity index (χ2n) is 6.64. The Bertz CT molecular complexity index is 765. The maximum absolute atomic E-state index is 12.1. The van der Waals surface area contributed by atoms with Crippen molar-refractivity contribution >= 4 is 22.6 Å². The molecule has 5 nitrogen and oxygen atoms in total. The number of nitrogens with one attached hydrogen (secondary N) is 2. The van der Waals surface area contributed by atoms with Crippen LogP contribution in [0.25, 0.3) is 10.8 Å². The molecule has 0 bridgehead atoms. The first-order chi connectivity index (χ1) is 12.8. The van der Waals surface area contributed by atoms with Gasteiger partial charge in [-0.05, 0) is 42.5 Å². The van der Waals surface area contributed by atoms with E-state index in [1.807, 2.05) is 11.8 Å². The van der Waals surface area contributed by atoms with Gasteiger partial charge in [0.05, 0.1) is 0 Å². The van der Waals surface area contributed by atoms with Gasteiger partial charge in [-0.25, -0.2) is 4.99 Å². The van der Waals surface area contributed by atoms with Crippen molar-refractivity contribution in [2.45, 2.75) is 26.2 Å². The van der Waals surface area contributed by atoms with E-state index in [0.29, 0.717) is 5.96 Å². The summed E-state index contributed by atoms with van der Waals surface area (Å²) in [5.74, 6) is 0.829. The Morgan fingerprint density at radius 3 is 2.62 bits per heavy atom. The van der Waals surface area contributed by atoms with E-state index < -0.39 is 0 Å². The van der Waals surface area contributed by atoms with E-state index in [2.05, 4.69) is 58.1 Å². The molecular weight excluding hydrogens is 324 g/mol. The van der Waals surface area contributed by atoms with Crippen LogP contribution >= 0.6 is 0 Å². The minimum atomic E-state index is 0.120. The molecule has 0 unspecified atom stereocenters. The van der Waals surface area contributed by atoms with Crippen LogP contribution in [-0.4, -0.2) is 49.5 Å². The van der Waals surface area contributed by atoms with Crippen LogP contribution in [0.2, 0.25) is 0 Å². The largest absolute Gasteiger partial charge is 0.357 e. The number of nitrogens with zero attached hydrogens (tertiary/aromatic N) is 2. The lowest BCUT2D eigenvalue weighted by molar-refractivity contribution is -0.128. The quantitative estimate of drug-likeness (QED) is 0.621. The Morgan fingerprint density at radius 1 is 1.08 bits per heavy atom. The molecule has 3 rings (SSSR count). The highest BCUT2D eigenvalue weighted by Crippen LogP contribution is 2.15. The zero-order chi connectivity index (χ0) is 18.2. The standard InChI is InChI=1S/C21H28N4O/c1-2-22-21(24-16-20(26)25-13-5-6-14-25)23-12-11-17-9-10-18-7-3-4-8-19(18)15-17/h3-4,7-10,15H,2,5-6,11-14,16H2,1H3,(H2,22,23,24). The van der Waals surface area contributed by atoms with Gasteiger partial charge < -0.3 is 15.5 Å². The third-order valence-electron chi connectivity index (χ3n) is 4.70. The summed E-state index contributed by atoms with van der Waals surface area (Å²) < 4.78 is 0. The van der Waals surface area contributed by atoms with E-state index >= 15 is 0 Å². The van der Waals surface area contributed by atoms with Crippen molar-refractivity contribution in [3.8, 4) is 0 Å². The van der Waals surface area contributed by atoms with E-state index in [4.69, 9.17) is 0 Å². The zero-order valence-corrected chi connectivity index (χ0v) is 15.5. The number of hydrogen-bond acceptors (Lipinski definition) is 2. The van der Waals surface area contributed by atoms with Gasteiger partial charge in [0.1, 0.15) is 6.54 Å².